The molecule has 0 spiro atoms. The number of nitrogens with zero attached hydrogens (tertiary/aromatic N) is 4. The van der Waals surface area contributed by atoms with Crippen LogP contribution in [-0.2, 0) is 17.7 Å². The van der Waals surface area contributed by atoms with E-state index < -0.39 is 5.97 Å². The third-order valence-electron chi connectivity index (χ3n) is 4.67. The summed E-state index contributed by atoms with van der Waals surface area (Å²) in [4.78, 5) is 27.4. The number of aromatic nitrogens is 3. The van der Waals surface area contributed by atoms with Crippen molar-refractivity contribution in [1.29, 1.82) is 0 Å². The maximum absolute atomic E-state index is 11.8. The summed E-state index contributed by atoms with van der Waals surface area (Å²) in [6.45, 7) is 3.39. The summed E-state index contributed by atoms with van der Waals surface area (Å²) in [5.41, 5.74) is 3.82. The van der Waals surface area contributed by atoms with Gasteiger partial charge in [-0.05, 0) is 31.2 Å². The van der Waals surface area contributed by atoms with Gasteiger partial charge < -0.3 is 14.7 Å². The summed E-state index contributed by atoms with van der Waals surface area (Å²) >= 11 is 0. The normalized spacial score (nSPS) is 13.1. The first-order chi connectivity index (χ1) is 13.7. The topological polar surface area (TPSA) is 88.4 Å². The van der Waals surface area contributed by atoms with E-state index in [0.717, 1.165) is 35.6 Å². The van der Waals surface area contributed by atoms with Crippen molar-refractivity contribution in [2.45, 2.75) is 19.9 Å². The summed E-state index contributed by atoms with van der Waals surface area (Å²) < 4.78 is 4.95. The van der Waals surface area contributed by atoms with E-state index in [0.29, 0.717) is 12.4 Å². The largest absolute Gasteiger partial charge is 0.507 e. The van der Waals surface area contributed by atoms with Crippen LogP contribution in [0.1, 0.15) is 28.5 Å². The second-order valence-corrected chi connectivity index (χ2v) is 6.47. The summed E-state index contributed by atoms with van der Waals surface area (Å²) in [5.74, 6) is 0.0266. The standard InChI is InChI=1S/C21H20N4O3/c1-2-28-21(27)16-7-6-15(11-19(16)26)25-10-8-17-14(13-25)12-23-20(24-17)18-5-3-4-9-22-18/h3-7,9,11-12,26H,2,8,10,13H2,1H3. The van der Waals surface area contributed by atoms with E-state index in [9.17, 15) is 9.90 Å². The average Bonchev–Trinajstić information content (AvgIpc) is 2.73. The molecule has 142 valence electrons. The van der Waals surface area contributed by atoms with Crippen LogP contribution in [0.25, 0.3) is 11.5 Å². The highest BCUT2D eigenvalue weighted by atomic mass is 16.5. The zero-order valence-electron chi connectivity index (χ0n) is 15.5. The van der Waals surface area contributed by atoms with E-state index in [1.165, 1.54) is 0 Å². The molecule has 4 rings (SSSR count). The molecule has 1 aromatic carbocycles. The van der Waals surface area contributed by atoms with Gasteiger partial charge in [0.05, 0.1) is 12.3 Å². The Bertz CT molecular complexity index is 1010. The van der Waals surface area contributed by atoms with Gasteiger partial charge in [0.25, 0.3) is 0 Å². The van der Waals surface area contributed by atoms with Crippen molar-refractivity contribution in [2.75, 3.05) is 18.1 Å². The monoisotopic (exact) mass is 376 g/mol. The Morgan fingerprint density at radius 1 is 1.25 bits per heavy atom. The smallest absolute Gasteiger partial charge is 0.341 e. The quantitative estimate of drug-likeness (QED) is 0.700. The lowest BCUT2D eigenvalue weighted by Gasteiger charge is -2.30. The van der Waals surface area contributed by atoms with E-state index in [-0.39, 0.29) is 17.9 Å². The molecule has 28 heavy (non-hydrogen) atoms. The van der Waals surface area contributed by atoms with Crippen molar-refractivity contribution in [3.63, 3.8) is 0 Å². The number of phenolic OH excluding ortho intramolecular Hbond substituents is 1. The van der Waals surface area contributed by atoms with Gasteiger partial charge in [0.1, 0.15) is 17.0 Å². The molecule has 0 atom stereocenters. The lowest BCUT2D eigenvalue weighted by molar-refractivity contribution is 0.0523. The van der Waals surface area contributed by atoms with Crippen molar-refractivity contribution in [2.24, 2.45) is 0 Å². The first-order valence-electron chi connectivity index (χ1n) is 9.17. The number of hydrogen-bond acceptors (Lipinski definition) is 7. The number of benzene rings is 1. The summed E-state index contributed by atoms with van der Waals surface area (Å²) in [7, 11) is 0. The van der Waals surface area contributed by atoms with Crippen LogP contribution in [0.2, 0.25) is 0 Å². The van der Waals surface area contributed by atoms with E-state index >= 15 is 0 Å². The molecule has 0 bridgehead atoms. The predicted molar refractivity (Wildman–Crippen MR) is 104 cm³/mol. The minimum Gasteiger partial charge on any atom is -0.507 e. The van der Waals surface area contributed by atoms with Crippen molar-refractivity contribution < 1.29 is 14.6 Å². The van der Waals surface area contributed by atoms with Crippen LogP contribution in [0.3, 0.4) is 0 Å². The molecule has 3 heterocycles. The van der Waals surface area contributed by atoms with E-state index in [2.05, 4.69) is 19.9 Å². The van der Waals surface area contributed by atoms with Crippen LogP contribution in [-0.4, -0.2) is 39.2 Å². The fourth-order valence-corrected chi connectivity index (χ4v) is 3.25. The zero-order chi connectivity index (χ0) is 19.5. The lowest BCUT2D eigenvalue weighted by Crippen LogP contribution is -2.31. The Morgan fingerprint density at radius 2 is 2.14 bits per heavy atom. The lowest BCUT2D eigenvalue weighted by atomic mass is 10.1. The molecule has 7 nitrogen and oxygen atoms in total. The second kappa shape index (κ2) is 7.64. The molecule has 1 aliphatic rings. The average molecular weight is 376 g/mol. The van der Waals surface area contributed by atoms with Gasteiger partial charge in [0.2, 0.25) is 0 Å². The number of hydrogen-bond donors (Lipinski definition) is 1. The van der Waals surface area contributed by atoms with Gasteiger partial charge in [-0.2, -0.15) is 0 Å². The number of ether oxygens (including phenoxy) is 1. The van der Waals surface area contributed by atoms with Gasteiger partial charge in [-0.25, -0.2) is 14.8 Å². The fraction of sp³-hybridized carbons (Fsp3) is 0.238. The molecule has 0 unspecified atom stereocenters. The van der Waals surface area contributed by atoms with Crippen LogP contribution in [0.5, 0.6) is 5.75 Å². The first kappa shape index (κ1) is 17.9. The van der Waals surface area contributed by atoms with Crippen molar-refractivity contribution in [3.05, 3.63) is 65.6 Å². The minimum absolute atomic E-state index is 0.0801. The number of anilines is 1. The molecular formula is C21H20N4O3. The molecule has 2 aromatic heterocycles. The Labute approximate surface area is 162 Å². The molecule has 0 saturated carbocycles. The van der Waals surface area contributed by atoms with Crippen LogP contribution < -0.4 is 4.90 Å². The number of carbonyl (C=O) groups is 1. The number of aromatic hydroxyl groups is 1. The SMILES string of the molecule is CCOC(=O)c1ccc(N2CCc3nc(-c4ccccn4)ncc3C2)cc1O. The van der Waals surface area contributed by atoms with Gasteiger partial charge in [0.15, 0.2) is 5.82 Å². The summed E-state index contributed by atoms with van der Waals surface area (Å²) in [5, 5.41) is 10.2. The molecule has 0 fully saturated rings. The first-order valence-corrected chi connectivity index (χ1v) is 9.17. The molecule has 7 heteroatoms. The maximum Gasteiger partial charge on any atom is 0.341 e. The minimum atomic E-state index is -0.522. The van der Waals surface area contributed by atoms with Crippen molar-refractivity contribution in [3.8, 4) is 17.3 Å². The van der Waals surface area contributed by atoms with Gasteiger partial charge in [-0.3, -0.25) is 4.98 Å². The Kier molecular flexibility index (Phi) is 4.89. The van der Waals surface area contributed by atoms with E-state index in [1.54, 1.807) is 25.3 Å². The van der Waals surface area contributed by atoms with E-state index in [4.69, 9.17) is 4.74 Å². The maximum atomic E-state index is 11.8. The number of phenols is 1. The van der Waals surface area contributed by atoms with Crippen LogP contribution in [0.4, 0.5) is 5.69 Å². The number of fused-ring (bicyclic) bond motifs is 1. The Balaban J connectivity index is 1.54. The third kappa shape index (κ3) is 3.51. The number of esters is 1. The molecular weight excluding hydrogens is 356 g/mol. The molecule has 0 aliphatic carbocycles. The van der Waals surface area contributed by atoms with E-state index in [1.807, 2.05) is 30.5 Å². The highest BCUT2D eigenvalue weighted by Crippen LogP contribution is 2.29. The van der Waals surface area contributed by atoms with Crippen molar-refractivity contribution >= 4 is 11.7 Å². The van der Waals surface area contributed by atoms with Crippen LogP contribution in [0.15, 0.2) is 48.8 Å². The fourth-order valence-electron chi connectivity index (χ4n) is 3.25. The zero-order valence-corrected chi connectivity index (χ0v) is 15.5. The molecule has 3 aromatic rings. The number of pyridine rings is 1. The van der Waals surface area contributed by atoms with Gasteiger partial charge >= 0.3 is 5.97 Å². The summed E-state index contributed by atoms with van der Waals surface area (Å²) in [6, 6.07) is 10.7. The van der Waals surface area contributed by atoms with Crippen LogP contribution in [0, 0.1) is 0 Å². The Morgan fingerprint density at radius 3 is 2.89 bits per heavy atom. The van der Waals surface area contributed by atoms with Gasteiger partial charge in [-0.1, -0.05) is 6.07 Å². The highest BCUT2D eigenvalue weighted by Gasteiger charge is 2.21. The van der Waals surface area contributed by atoms with Crippen molar-refractivity contribution in [1.82, 2.24) is 15.0 Å². The second-order valence-electron chi connectivity index (χ2n) is 6.47. The van der Waals surface area contributed by atoms with Gasteiger partial charge in [-0.15, -0.1) is 0 Å². The molecule has 1 aliphatic heterocycles. The summed E-state index contributed by atoms with van der Waals surface area (Å²) in [6.07, 6.45) is 4.33. The van der Waals surface area contributed by atoms with Crippen LogP contribution >= 0.6 is 0 Å². The highest BCUT2D eigenvalue weighted by molar-refractivity contribution is 5.93. The molecule has 1 N–H and O–H groups in total. The molecule has 0 saturated heterocycles. The third-order valence-corrected chi connectivity index (χ3v) is 4.67. The molecule has 0 radical (unpaired) electrons. The Hall–Kier alpha value is -3.48. The number of carbonyl (C=O) groups excluding carboxylic acids is 1. The number of rotatable bonds is 4. The predicted octanol–water partition coefficient (Wildman–Crippen LogP) is 2.98. The van der Waals surface area contributed by atoms with Gasteiger partial charge in [0, 0.05) is 49.2 Å². The molecule has 0 amide bonds.